The van der Waals surface area contributed by atoms with Crippen LogP contribution >= 0.6 is 0 Å². The number of hydrogen-bond donors (Lipinski definition) is 18. The summed E-state index contributed by atoms with van der Waals surface area (Å²) in [5.41, 5.74) is -4.09. The minimum Gasteiger partial charge on any atom is -0.457 e. The number of hydrogen-bond acceptors (Lipinski definition) is 37. The number of fused-ring (bicyclic) bond motifs is 7. The molecule has 6 heterocycles. The second kappa shape index (κ2) is 33.2. The van der Waals surface area contributed by atoms with Crippen LogP contribution in [0.5, 0.6) is 0 Å². The fraction of sp³-hybridized carbons (Fsp3) is 0.918. The average Bonchev–Trinajstić information content (AvgIpc) is 0.675. The third-order valence-corrected chi connectivity index (χ3v) is 27.3. The Hall–Kier alpha value is -3.38. The molecule has 110 heavy (non-hydrogen) atoms. The summed E-state index contributed by atoms with van der Waals surface area (Å²) >= 11 is 0. The van der Waals surface area contributed by atoms with Crippen molar-refractivity contribution in [2.45, 2.75) is 323 Å². The van der Waals surface area contributed by atoms with Gasteiger partial charge in [0.05, 0.1) is 68.3 Å². The zero-order chi connectivity index (χ0) is 80.2. The van der Waals surface area contributed by atoms with Gasteiger partial charge in [-0.05, 0) is 110 Å². The van der Waals surface area contributed by atoms with Crippen LogP contribution in [0.4, 0.5) is 0 Å². The molecule has 11 fully saturated rings. The lowest BCUT2D eigenvalue weighted by atomic mass is 9.33. The summed E-state index contributed by atoms with van der Waals surface area (Å²) in [4.78, 5) is 55.2. The molecule has 37 heteroatoms. The first-order valence-electron chi connectivity index (χ1n) is 38.2. The molecule has 35 unspecified atom stereocenters. The van der Waals surface area contributed by atoms with Crippen molar-refractivity contribution in [1.82, 2.24) is 0 Å². The summed E-state index contributed by atoms with van der Waals surface area (Å²) in [6.45, 7) is 13.6. The van der Waals surface area contributed by atoms with Crippen LogP contribution in [0.25, 0.3) is 0 Å². The Morgan fingerprint density at radius 3 is 1.61 bits per heavy atom. The minimum absolute atomic E-state index is 0.0402. The molecule has 6 saturated heterocycles. The molecule has 6 aliphatic carbocycles. The number of aliphatic hydroxyl groups excluding tert-OH is 18. The van der Waals surface area contributed by atoms with Crippen LogP contribution in [0.15, 0.2) is 12.2 Å². The number of esters is 2. The van der Waals surface area contributed by atoms with Gasteiger partial charge in [-0.1, -0.05) is 60.6 Å². The van der Waals surface area contributed by atoms with Gasteiger partial charge in [-0.3, -0.25) is 14.4 Å². The highest BCUT2D eigenvalue weighted by atomic mass is 16.8. The molecule has 0 radical (unpaired) electrons. The van der Waals surface area contributed by atoms with Gasteiger partial charge in [-0.2, -0.15) is 0 Å². The maximum Gasteiger partial charge on any atom is 0.311 e. The first kappa shape index (κ1) is 86.0. The number of aldehydes is 1. The highest BCUT2D eigenvalue weighted by Gasteiger charge is 2.72. The van der Waals surface area contributed by atoms with E-state index >= 15 is 4.79 Å². The van der Waals surface area contributed by atoms with E-state index in [0.29, 0.717) is 25.7 Å². The molecule has 0 aromatic heterocycles. The van der Waals surface area contributed by atoms with Crippen molar-refractivity contribution in [2.75, 3.05) is 26.4 Å². The van der Waals surface area contributed by atoms with Gasteiger partial charge >= 0.3 is 11.9 Å². The van der Waals surface area contributed by atoms with Gasteiger partial charge in [0.25, 0.3) is 6.47 Å². The third kappa shape index (κ3) is 15.5. The van der Waals surface area contributed by atoms with Crippen LogP contribution in [0.1, 0.15) is 114 Å². The average molecular weight is 1580 g/mol. The number of carbonyl (C=O) groups excluding carboxylic acids is 4. The van der Waals surface area contributed by atoms with Gasteiger partial charge in [0.1, 0.15) is 128 Å². The lowest BCUT2D eigenvalue weighted by Gasteiger charge is -2.71. The van der Waals surface area contributed by atoms with Crippen molar-refractivity contribution in [2.24, 2.45) is 68.5 Å². The summed E-state index contributed by atoms with van der Waals surface area (Å²) in [6.07, 6.45) is -51.6. The van der Waals surface area contributed by atoms with Crippen LogP contribution in [0.2, 0.25) is 0 Å². The number of allylic oxidation sites excluding steroid dienone is 2. The standard InChI is InChI=1S/C73H114O37/c1-26-16-35(44(84)49(89)55(26)105-62-50(90)42(82)33(80)22-96-62)101-60-58(107-65-52(92)47(87)45(85)36(20-74)102-65)56(100-28(3)78)27(2)99-67(60)109-61(95)30-18-69(4,5)17-29-31-10-11-39-70(6)14-13-40(71(7,24-76)38(70)12-15-72(39,8)73(31,9)19-32(79)41(29)30)104-68-59(108-66-53(93)48(88)46(86)37(21-75)103-66)57(54(94)64(110-68)98-25-77)106-63-51(91)43(83)34(81)23-97-63/h10-11,24-27,29-60,62-68,74-75,79-94H,12-23H2,1-9H3/t26?,27?,29-,30+,31?,32+,33?,34?,35?,36?,37?,38+,39+,40-,41?,42?,43?,44?,45?,46?,47?,48?,49?,50?,51?,52?,53?,54?,55?,56?,57?,58?,59?,60?,62?,63?,64?,65?,66?,67?,68?,70-,71-,72+,73+/m0/s1. The molecule has 628 valence electrons. The zero-order valence-corrected chi connectivity index (χ0v) is 62.8. The number of ether oxygens (including phenoxy) is 15. The van der Waals surface area contributed by atoms with Crippen molar-refractivity contribution < 1.29 is 182 Å². The van der Waals surface area contributed by atoms with E-state index in [2.05, 4.69) is 32.9 Å². The van der Waals surface area contributed by atoms with E-state index in [1.165, 1.54) is 6.92 Å². The maximum atomic E-state index is 15.8. The van der Waals surface area contributed by atoms with Crippen molar-refractivity contribution in [3.63, 3.8) is 0 Å². The lowest BCUT2D eigenvalue weighted by Crippen LogP contribution is -2.69. The molecule has 45 atom stereocenters. The van der Waals surface area contributed by atoms with Crippen LogP contribution < -0.4 is 0 Å². The molecule has 0 spiro atoms. The summed E-state index contributed by atoms with van der Waals surface area (Å²) in [5.74, 6) is -5.82. The molecule has 18 N–H and O–H groups in total. The monoisotopic (exact) mass is 1580 g/mol. The minimum atomic E-state index is -2.06. The molecule has 37 nitrogen and oxygen atoms in total. The molecule has 0 aromatic rings. The lowest BCUT2D eigenvalue weighted by molar-refractivity contribution is -0.410. The Labute approximate surface area is 634 Å². The maximum absolute atomic E-state index is 15.8. The SMILES string of the molecule is CC(=O)OC1C(C)OC(OC(=O)[C@@H]2CC(C)(C)C[C@@H]3C2[C@H](O)C[C@]2(C)C3C=C[C@@H]3[C@@]4(C)CC[C@H](OC5OC(OC=O)C(O)C(OC6OCC(O)C(O)C6O)C5OC5OC(CO)C(O)C(O)C5O)[C@@](C)(C=O)[C@@H]4CC[C@]32C)C(OC2CC(C)C(OC3OCC(O)C(O)C3O)C(O)C2O)C1OC1OC(CO)C(O)C(O)C1O. The summed E-state index contributed by atoms with van der Waals surface area (Å²) < 4.78 is 91.0. The first-order chi connectivity index (χ1) is 51.7. The first-order valence-corrected chi connectivity index (χ1v) is 38.2. The van der Waals surface area contributed by atoms with Crippen LogP contribution in [-0.4, -0.2) is 352 Å². The number of carbonyl (C=O) groups is 4. The quantitative estimate of drug-likeness (QED) is 0.0177. The topological polar surface area (TPSA) is 571 Å². The summed E-state index contributed by atoms with van der Waals surface area (Å²) in [6, 6.07) is 0. The highest BCUT2D eigenvalue weighted by molar-refractivity contribution is 5.73. The third-order valence-electron chi connectivity index (χ3n) is 27.3. The van der Waals surface area contributed by atoms with Crippen LogP contribution in [0, 0.1) is 68.5 Å². The second-order valence-corrected chi connectivity index (χ2v) is 34.6. The van der Waals surface area contributed by atoms with E-state index in [0.717, 1.165) is 13.2 Å². The molecular weight excluding hydrogens is 1470 g/mol. The largest absolute Gasteiger partial charge is 0.457 e. The van der Waals surface area contributed by atoms with Crippen LogP contribution in [0.3, 0.4) is 0 Å². The van der Waals surface area contributed by atoms with Crippen molar-refractivity contribution in [3.8, 4) is 0 Å². The molecule has 0 bridgehead atoms. The Morgan fingerprint density at radius 2 is 1.05 bits per heavy atom. The van der Waals surface area contributed by atoms with E-state index < -0.39 is 304 Å². The Balaban J connectivity index is 0.821. The van der Waals surface area contributed by atoms with Crippen LogP contribution in [-0.2, 0) is 90.2 Å². The fourth-order valence-electron chi connectivity index (χ4n) is 21.3. The molecule has 12 aliphatic rings. The summed E-state index contributed by atoms with van der Waals surface area (Å²) in [5, 5.41) is 199. The predicted molar refractivity (Wildman–Crippen MR) is 360 cm³/mol. The van der Waals surface area contributed by atoms with Gasteiger partial charge in [-0.25, -0.2) is 0 Å². The second-order valence-electron chi connectivity index (χ2n) is 34.6. The van der Waals surface area contributed by atoms with Gasteiger partial charge in [0.2, 0.25) is 12.6 Å². The predicted octanol–water partition coefficient (Wildman–Crippen LogP) is -6.00. The zero-order valence-electron chi connectivity index (χ0n) is 62.8. The van der Waals surface area contributed by atoms with Crippen molar-refractivity contribution in [1.29, 1.82) is 0 Å². The van der Waals surface area contributed by atoms with Crippen molar-refractivity contribution in [3.05, 3.63) is 12.2 Å². The summed E-state index contributed by atoms with van der Waals surface area (Å²) in [7, 11) is 0. The smallest absolute Gasteiger partial charge is 0.311 e. The molecule has 5 saturated carbocycles. The van der Waals surface area contributed by atoms with Gasteiger partial charge in [0, 0.05) is 12.8 Å². The Kier molecular flexibility index (Phi) is 25.9. The Bertz CT molecular complexity index is 3190. The number of aliphatic hydroxyl groups is 18. The Morgan fingerprint density at radius 1 is 0.491 bits per heavy atom. The molecule has 12 rings (SSSR count). The van der Waals surface area contributed by atoms with Gasteiger partial charge < -0.3 is 168 Å². The highest BCUT2D eigenvalue weighted by Crippen LogP contribution is 2.75. The van der Waals surface area contributed by atoms with E-state index in [9.17, 15) is 106 Å². The number of rotatable bonds is 20. The van der Waals surface area contributed by atoms with E-state index in [4.69, 9.17) is 71.1 Å². The molecule has 6 aliphatic heterocycles. The van der Waals surface area contributed by atoms with Crippen molar-refractivity contribution >= 4 is 24.7 Å². The van der Waals surface area contributed by atoms with Gasteiger partial charge in [0.15, 0.2) is 43.7 Å². The van der Waals surface area contributed by atoms with E-state index in [-0.39, 0.29) is 44.0 Å². The normalized spacial score (nSPS) is 54.3. The van der Waals surface area contributed by atoms with E-state index in [1.54, 1.807) is 13.8 Å². The van der Waals surface area contributed by atoms with Gasteiger partial charge in [-0.15, -0.1) is 0 Å². The molecule has 0 aromatic carbocycles. The molecule has 0 amide bonds. The fourth-order valence-corrected chi connectivity index (χ4v) is 21.3. The molecular formula is C73H114O37. The van der Waals surface area contributed by atoms with E-state index in [1.807, 2.05) is 13.8 Å².